The second-order valence-electron chi connectivity index (χ2n) is 7.54. The molecule has 0 spiro atoms. The zero-order valence-electron chi connectivity index (χ0n) is 19.3. The predicted octanol–water partition coefficient (Wildman–Crippen LogP) is -0.649. The predicted molar refractivity (Wildman–Crippen MR) is 117 cm³/mol. The van der Waals surface area contributed by atoms with E-state index >= 15 is 0 Å². The van der Waals surface area contributed by atoms with Gasteiger partial charge < -0.3 is 20.4 Å². The molecule has 0 aromatic heterocycles. The lowest BCUT2D eigenvalue weighted by atomic mass is 10.2. The molecule has 12 nitrogen and oxygen atoms in total. The lowest BCUT2D eigenvalue weighted by molar-refractivity contribution is -0.141. The maximum Gasteiger partial charge on any atom is 0.317 e. The SMILES string of the molecule is CC.CC1CN(CC(=O)O)CCN(CC(=O)O)CCN(CC(=O)O)CCCN1CC(=O)O. The number of carboxylic acid groups (broad SMARTS) is 4. The molecule has 1 aliphatic rings. The van der Waals surface area contributed by atoms with Crippen molar-refractivity contribution >= 4 is 23.9 Å². The van der Waals surface area contributed by atoms with Crippen LogP contribution < -0.4 is 0 Å². The fraction of sp³-hybridized carbons (Fsp3) is 0.800. The van der Waals surface area contributed by atoms with Crippen LogP contribution in [0.3, 0.4) is 0 Å². The standard InChI is InChI=1S/C18H32N4O8.C2H6/c1-14-9-21(12-17(27)28)8-7-20(11-16(25)26)6-5-19(10-15(23)24)3-2-4-22(14)13-18(29)30;1-2/h14H,2-13H2,1H3,(H,23,24)(H,25,26)(H,27,28)(H,29,30);1-2H3. The van der Waals surface area contributed by atoms with E-state index in [-0.39, 0.29) is 32.2 Å². The largest absolute Gasteiger partial charge is 0.480 e. The third-order valence-corrected chi connectivity index (χ3v) is 4.95. The van der Waals surface area contributed by atoms with Crippen LogP contribution in [0.2, 0.25) is 0 Å². The topological polar surface area (TPSA) is 162 Å². The van der Waals surface area contributed by atoms with Gasteiger partial charge in [-0.3, -0.25) is 38.8 Å². The summed E-state index contributed by atoms with van der Waals surface area (Å²) in [5.41, 5.74) is 0. The summed E-state index contributed by atoms with van der Waals surface area (Å²) in [6.07, 6.45) is 0.531. The van der Waals surface area contributed by atoms with Crippen LogP contribution in [0.25, 0.3) is 0 Å². The highest BCUT2D eigenvalue weighted by Crippen LogP contribution is 2.07. The Morgan fingerprint density at radius 1 is 0.625 bits per heavy atom. The summed E-state index contributed by atoms with van der Waals surface area (Å²) in [5.74, 6) is -4.03. The Bertz CT molecular complexity index is 604. The van der Waals surface area contributed by atoms with Crippen molar-refractivity contribution in [3.8, 4) is 0 Å². The quantitative estimate of drug-likeness (QED) is 0.361. The second kappa shape index (κ2) is 16.4. The van der Waals surface area contributed by atoms with Gasteiger partial charge in [0.2, 0.25) is 0 Å². The molecule has 1 saturated heterocycles. The molecule has 0 aromatic carbocycles. The summed E-state index contributed by atoms with van der Waals surface area (Å²) in [7, 11) is 0. The van der Waals surface area contributed by atoms with Gasteiger partial charge >= 0.3 is 23.9 Å². The van der Waals surface area contributed by atoms with Crippen LogP contribution >= 0.6 is 0 Å². The molecule has 4 N–H and O–H groups in total. The van der Waals surface area contributed by atoms with Gasteiger partial charge in [0, 0.05) is 51.9 Å². The third-order valence-electron chi connectivity index (χ3n) is 4.95. The Kier molecular flexibility index (Phi) is 15.2. The summed E-state index contributed by atoms with van der Waals surface area (Å²) in [6, 6.07) is -0.248. The van der Waals surface area contributed by atoms with E-state index in [2.05, 4.69) is 0 Å². The summed E-state index contributed by atoms with van der Waals surface area (Å²) in [5, 5.41) is 36.7. The van der Waals surface area contributed by atoms with Gasteiger partial charge in [-0.25, -0.2) is 0 Å². The highest BCUT2D eigenvalue weighted by Gasteiger charge is 2.23. The molecule has 1 unspecified atom stereocenters. The first-order valence-electron chi connectivity index (χ1n) is 10.8. The van der Waals surface area contributed by atoms with Gasteiger partial charge in [0.15, 0.2) is 0 Å². The number of nitrogens with zero attached hydrogens (tertiary/aromatic N) is 4. The number of hydrogen-bond donors (Lipinski definition) is 4. The molecule has 0 amide bonds. The zero-order chi connectivity index (χ0) is 24.7. The zero-order valence-corrected chi connectivity index (χ0v) is 19.3. The molecule has 1 fully saturated rings. The van der Waals surface area contributed by atoms with E-state index in [9.17, 15) is 29.4 Å². The minimum absolute atomic E-state index is 0.194. The lowest BCUT2D eigenvalue weighted by Gasteiger charge is -2.32. The Balaban J connectivity index is 0.00000466. The van der Waals surface area contributed by atoms with Crippen LogP contribution in [-0.4, -0.2) is 142 Å². The molecule has 0 saturated carbocycles. The maximum atomic E-state index is 11.3. The first kappa shape index (κ1) is 29.7. The Morgan fingerprint density at radius 3 is 1.44 bits per heavy atom. The van der Waals surface area contributed by atoms with Crippen LogP contribution in [0.4, 0.5) is 0 Å². The molecule has 0 aromatic rings. The first-order valence-corrected chi connectivity index (χ1v) is 10.8. The molecule has 186 valence electrons. The van der Waals surface area contributed by atoms with Crippen molar-refractivity contribution in [2.45, 2.75) is 33.2 Å². The van der Waals surface area contributed by atoms with Crippen LogP contribution in [0.15, 0.2) is 0 Å². The van der Waals surface area contributed by atoms with Crippen LogP contribution in [-0.2, 0) is 19.2 Å². The van der Waals surface area contributed by atoms with Gasteiger partial charge in [-0.2, -0.15) is 0 Å². The molecule has 12 heteroatoms. The molecule has 1 atom stereocenters. The van der Waals surface area contributed by atoms with E-state index in [1.165, 1.54) is 0 Å². The van der Waals surface area contributed by atoms with E-state index in [1.807, 2.05) is 20.8 Å². The van der Waals surface area contributed by atoms with Crippen molar-refractivity contribution in [3.05, 3.63) is 0 Å². The molecule has 32 heavy (non-hydrogen) atoms. The second-order valence-corrected chi connectivity index (χ2v) is 7.54. The maximum absolute atomic E-state index is 11.3. The fourth-order valence-corrected chi connectivity index (χ4v) is 3.53. The highest BCUT2D eigenvalue weighted by atomic mass is 16.4. The summed E-state index contributed by atoms with van der Waals surface area (Å²) < 4.78 is 0. The van der Waals surface area contributed by atoms with E-state index in [0.717, 1.165) is 0 Å². The number of carboxylic acids is 4. The molecular weight excluding hydrogens is 424 g/mol. The first-order chi connectivity index (χ1) is 15.1. The Labute approximate surface area is 189 Å². The minimum Gasteiger partial charge on any atom is -0.480 e. The van der Waals surface area contributed by atoms with E-state index in [4.69, 9.17) is 10.2 Å². The summed E-state index contributed by atoms with van der Waals surface area (Å²) in [6.45, 7) is 7.38. The smallest absolute Gasteiger partial charge is 0.317 e. The minimum atomic E-state index is -1.02. The fourth-order valence-electron chi connectivity index (χ4n) is 3.53. The van der Waals surface area contributed by atoms with Crippen molar-refractivity contribution in [3.63, 3.8) is 0 Å². The monoisotopic (exact) mass is 462 g/mol. The van der Waals surface area contributed by atoms with Crippen molar-refractivity contribution in [2.75, 3.05) is 72.0 Å². The van der Waals surface area contributed by atoms with Crippen molar-refractivity contribution in [2.24, 2.45) is 0 Å². The Hall–Kier alpha value is -2.28. The van der Waals surface area contributed by atoms with Gasteiger partial charge in [-0.05, 0) is 13.3 Å². The molecule has 0 radical (unpaired) electrons. The lowest BCUT2D eigenvalue weighted by Crippen LogP contribution is -2.48. The van der Waals surface area contributed by atoms with Gasteiger partial charge in [0.25, 0.3) is 0 Å². The molecule has 0 aliphatic carbocycles. The van der Waals surface area contributed by atoms with Crippen molar-refractivity contribution < 1.29 is 39.6 Å². The molecule has 1 heterocycles. The molecular formula is C20H38N4O8. The van der Waals surface area contributed by atoms with Gasteiger partial charge in [0.05, 0.1) is 26.2 Å². The van der Waals surface area contributed by atoms with Crippen LogP contribution in [0, 0.1) is 0 Å². The number of hydrogen-bond acceptors (Lipinski definition) is 8. The van der Waals surface area contributed by atoms with Crippen LogP contribution in [0.1, 0.15) is 27.2 Å². The third kappa shape index (κ3) is 13.9. The normalized spacial score (nSPS) is 20.7. The van der Waals surface area contributed by atoms with Gasteiger partial charge in [0.1, 0.15) is 0 Å². The molecule has 0 bridgehead atoms. The number of rotatable bonds is 8. The van der Waals surface area contributed by atoms with Gasteiger partial charge in [-0.1, -0.05) is 13.8 Å². The average Bonchev–Trinajstić information content (AvgIpc) is 2.69. The highest BCUT2D eigenvalue weighted by molar-refractivity contribution is 5.70. The van der Waals surface area contributed by atoms with Gasteiger partial charge in [-0.15, -0.1) is 0 Å². The van der Waals surface area contributed by atoms with E-state index in [1.54, 1.807) is 19.6 Å². The Morgan fingerprint density at radius 2 is 1.00 bits per heavy atom. The molecule has 1 rings (SSSR count). The van der Waals surface area contributed by atoms with E-state index in [0.29, 0.717) is 52.2 Å². The average molecular weight is 463 g/mol. The summed E-state index contributed by atoms with van der Waals surface area (Å²) >= 11 is 0. The number of carbonyl (C=O) groups is 4. The van der Waals surface area contributed by atoms with Crippen molar-refractivity contribution in [1.82, 2.24) is 19.6 Å². The van der Waals surface area contributed by atoms with E-state index < -0.39 is 23.9 Å². The molecule has 1 aliphatic heterocycles. The number of aliphatic carboxylic acids is 4. The summed E-state index contributed by atoms with van der Waals surface area (Å²) in [4.78, 5) is 51.6. The van der Waals surface area contributed by atoms with Crippen molar-refractivity contribution in [1.29, 1.82) is 0 Å². The van der Waals surface area contributed by atoms with Crippen LogP contribution in [0.5, 0.6) is 0 Å².